The molecule has 114 valence electrons. The number of rotatable bonds is 6. The summed E-state index contributed by atoms with van der Waals surface area (Å²) in [5.41, 5.74) is 0.231. The van der Waals surface area contributed by atoms with E-state index in [2.05, 4.69) is 4.72 Å². The van der Waals surface area contributed by atoms with E-state index in [9.17, 15) is 12.8 Å². The fraction of sp³-hybridized carbons (Fsp3) is 0.571. The van der Waals surface area contributed by atoms with Crippen molar-refractivity contribution in [1.82, 2.24) is 4.72 Å². The summed E-state index contributed by atoms with van der Waals surface area (Å²) in [5.74, 6) is -0.599. The Morgan fingerprint density at radius 2 is 1.80 bits per heavy atom. The van der Waals surface area contributed by atoms with Crippen LogP contribution in [0.25, 0.3) is 0 Å². The van der Waals surface area contributed by atoms with Crippen LogP contribution in [0, 0.1) is 11.2 Å². The van der Waals surface area contributed by atoms with Gasteiger partial charge in [0.05, 0.1) is 5.75 Å². The Kier molecular flexibility index (Phi) is 5.68. The second-order valence-corrected chi connectivity index (χ2v) is 7.69. The summed E-state index contributed by atoms with van der Waals surface area (Å²) in [4.78, 5) is 0. The zero-order valence-corrected chi connectivity index (χ0v) is 12.9. The first-order chi connectivity index (χ1) is 9.14. The van der Waals surface area contributed by atoms with E-state index in [-0.39, 0.29) is 23.8 Å². The lowest BCUT2D eigenvalue weighted by Gasteiger charge is -2.30. The topological polar surface area (TPSA) is 66.4 Å². The average Bonchev–Trinajstić information content (AvgIpc) is 2.30. The molecule has 20 heavy (non-hydrogen) atoms. The van der Waals surface area contributed by atoms with Crippen molar-refractivity contribution in [2.75, 3.05) is 6.61 Å². The van der Waals surface area contributed by atoms with Gasteiger partial charge < -0.3 is 5.11 Å². The second kappa shape index (κ2) is 6.65. The minimum Gasteiger partial charge on any atom is -0.396 e. The molecule has 0 aromatic heterocycles. The Morgan fingerprint density at radius 1 is 1.25 bits per heavy atom. The molecular weight excluding hydrogens is 281 g/mol. The quantitative estimate of drug-likeness (QED) is 0.845. The van der Waals surface area contributed by atoms with Gasteiger partial charge in [0.2, 0.25) is 10.0 Å². The second-order valence-electron chi connectivity index (χ2n) is 5.93. The smallest absolute Gasteiger partial charge is 0.216 e. The third kappa shape index (κ3) is 5.56. The van der Waals surface area contributed by atoms with Crippen LogP contribution in [0.2, 0.25) is 0 Å². The standard InChI is InChI=1S/C14H22FNO3S/c1-14(2,3)13(8-9-17)16-20(18,19)10-11-4-6-12(15)7-5-11/h4-7,13,16-17H,8-10H2,1-3H3. The molecular formula is C14H22FNO3S. The number of aliphatic hydroxyl groups excluding tert-OH is 1. The Bertz CT molecular complexity index is 520. The molecule has 1 atom stereocenters. The maximum Gasteiger partial charge on any atom is 0.216 e. The summed E-state index contributed by atoms with van der Waals surface area (Å²) in [7, 11) is -3.54. The van der Waals surface area contributed by atoms with E-state index < -0.39 is 15.8 Å². The third-order valence-electron chi connectivity index (χ3n) is 3.05. The minimum absolute atomic E-state index is 0.0823. The Labute approximate surface area is 120 Å². The highest BCUT2D eigenvalue weighted by atomic mass is 32.2. The lowest BCUT2D eigenvalue weighted by Crippen LogP contribution is -2.44. The van der Waals surface area contributed by atoms with Crippen LogP contribution < -0.4 is 4.72 Å². The maximum absolute atomic E-state index is 12.8. The molecule has 0 aliphatic rings. The van der Waals surface area contributed by atoms with Gasteiger partial charge in [-0.25, -0.2) is 17.5 Å². The lowest BCUT2D eigenvalue weighted by atomic mass is 9.86. The molecule has 1 aromatic carbocycles. The van der Waals surface area contributed by atoms with Gasteiger partial charge in [0, 0.05) is 12.6 Å². The lowest BCUT2D eigenvalue weighted by molar-refractivity contribution is 0.214. The van der Waals surface area contributed by atoms with Gasteiger partial charge in [0.1, 0.15) is 5.82 Å². The molecule has 0 saturated heterocycles. The normalized spacial score (nSPS) is 14.2. The molecule has 0 fully saturated rings. The average molecular weight is 303 g/mol. The van der Waals surface area contributed by atoms with Crippen LogP contribution in [-0.4, -0.2) is 26.2 Å². The van der Waals surface area contributed by atoms with Gasteiger partial charge in [-0.15, -0.1) is 0 Å². The number of halogens is 1. The first-order valence-electron chi connectivity index (χ1n) is 6.49. The van der Waals surface area contributed by atoms with Crippen LogP contribution in [0.4, 0.5) is 4.39 Å². The molecule has 0 spiro atoms. The molecule has 0 radical (unpaired) electrons. The number of hydrogen-bond donors (Lipinski definition) is 2. The van der Waals surface area contributed by atoms with Crippen LogP contribution >= 0.6 is 0 Å². The predicted molar refractivity (Wildman–Crippen MR) is 77.1 cm³/mol. The molecule has 1 aromatic rings. The molecule has 0 aliphatic heterocycles. The maximum atomic E-state index is 12.8. The summed E-state index contributed by atoms with van der Waals surface area (Å²) in [6.45, 7) is 5.65. The molecule has 0 saturated carbocycles. The summed E-state index contributed by atoms with van der Waals surface area (Å²) >= 11 is 0. The van der Waals surface area contributed by atoms with Crippen LogP contribution in [0.1, 0.15) is 32.8 Å². The Hall–Kier alpha value is -0.980. The summed E-state index contributed by atoms with van der Waals surface area (Å²) in [5, 5.41) is 9.04. The fourth-order valence-electron chi connectivity index (χ4n) is 1.86. The minimum atomic E-state index is -3.54. The number of nitrogens with one attached hydrogen (secondary N) is 1. The van der Waals surface area contributed by atoms with E-state index in [1.54, 1.807) is 0 Å². The third-order valence-corrected chi connectivity index (χ3v) is 4.41. The molecule has 4 nitrogen and oxygen atoms in total. The molecule has 0 amide bonds. The summed E-state index contributed by atoms with van der Waals surface area (Å²) < 4.78 is 39.7. The molecule has 0 bridgehead atoms. The van der Waals surface area contributed by atoms with Gasteiger partial charge in [-0.05, 0) is 29.5 Å². The van der Waals surface area contributed by atoms with Crippen LogP contribution in [-0.2, 0) is 15.8 Å². The number of hydrogen-bond acceptors (Lipinski definition) is 3. The van der Waals surface area contributed by atoms with Crippen LogP contribution in [0.3, 0.4) is 0 Å². The van der Waals surface area contributed by atoms with Crippen molar-refractivity contribution in [3.05, 3.63) is 35.6 Å². The zero-order valence-electron chi connectivity index (χ0n) is 12.1. The van der Waals surface area contributed by atoms with Gasteiger partial charge >= 0.3 is 0 Å². The monoisotopic (exact) mass is 303 g/mol. The highest BCUT2D eigenvalue weighted by Crippen LogP contribution is 2.23. The first-order valence-corrected chi connectivity index (χ1v) is 8.14. The van der Waals surface area contributed by atoms with E-state index in [0.717, 1.165) is 0 Å². The molecule has 6 heteroatoms. The Morgan fingerprint density at radius 3 is 2.25 bits per heavy atom. The van der Waals surface area contributed by atoms with Crippen molar-refractivity contribution in [2.45, 2.75) is 39.0 Å². The van der Waals surface area contributed by atoms with E-state index in [4.69, 9.17) is 5.11 Å². The predicted octanol–water partition coefficient (Wildman–Crippen LogP) is 2.04. The molecule has 2 N–H and O–H groups in total. The Balaban J connectivity index is 2.80. The molecule has 0 aliphatic carbocycles. The largest absolute Gasteiger partial charge is 0.396 e. The van der Waals surface area contributed by atoms with Crippen molar-refractivity contribution < 1.29 is 17.9 Å². The molecule has 0 heterocycles. The van der Waals surface area contributed by atoms with Gasteiger partial charge in [0.25, 0.3) is 0 Å². The SMILES string of the molecule is CC(C)(C)C(CCO)NS(=O)(=O)Cc1ccc(F)cc1. The number of sulfonamides is 1. The zero-order chi connectivity index (χ0) is 15.4. The first kappa shape index (κ1) is 17.1. The van der Waals surface area contributed by atoms with Gasteiger partial charge in [-0.2, -0.15) is 0 Å². The van der Waals surface area contributed by atoms with Crippen LogP contribution in [0.15, 0.2) is 24.3 Å². The number of aliphatic hydroxyl groups is 1. The highest BCUT2D eigenvalue weighted by molar-refractivity contribution is 7.88. The van der Waals surface area contributed by atoms with Crippen molar-refractivity contribution in [2.24, 2.45) is 5.41 Å². The molecule has 1 unspecified atom stereocenters. The van der Waals surface area contributed by atoms with Crippen molar-refractivity contribution in [1.29, 1.82) is 0 Å². The van der Waals surface area contributed by atoms with E-state index >= 15 is 0 Å². The summed E-state index contributed by atoms with van der Waals surface area (Å²) in [6, 6.07) is 5.02. The van der Waals surface area contributed by atoms with E-state index in [1.807, 2.05) is 20.8 Å². The van der Waals surface area contributed by atoms with Gasteiger partial charge in [-0.1, -0.05) is 32.9 Å². The van der Waals surface area contributed by atoms with Gasteiger partial charge in [0.15, 0.2) is 0 Å². The number of benzene rings is 1. The fourth-order valence-corrected chi connectivity index (χ4v) is 3.48. The highest BCUT2D eigenvalue weighted by Gasteiger charge is 2.28. The van der Waals surface area contributed by atoms with Crippen LogP contribution in [0.5, 0.6) is 0 Å². The van der Waals surface area contributed by atoms with Crippen molar-refractivity contribution in [3.63, 3.8) is 0 Å². The molecule has 1 rings (SSSR count). The summed E-state index contributed by atoms with van der Waals surface area (Å²) in [6.07, 6.45) is 0.353. The van der Waals surface area contributed by atoms with E-state index in [0.29, 0.717) is 12.0 Å². The van der Waals surface area contributed by atoms with Crippen molar-refractivity contribution >= 4 is 10.0 Å². The van der Waals surface area contributed by atoms with E-state index in [1.165, 1.54) is 24.3 Å². The van der Waals surface area contributed by atoms with Gasteiger partial charge in [-0.3, -0.25) is 0 Å². The van der Waals surface area contributed by atoms with Crippen molar-refractivity contribution in [3.8, 4) is 0 Å².